The predicted molar refractivity (Wildman–Crippen MR) is 192 cm³/mol. The van der Waals surface area contributed by atoms with Crippen LogP contribution in [-0.4, -0.2) is 13.2 Å². The van der Waals surface area contributed by atoms with Crippen LogP contribution in [0.5, 0.6) is 11.5 Å². The maximum Gasteiger partial charge on any atom is 0.129 e. The molecule has 2 aromatic carbocycles. The summed E-state index contributed by atoms with van der Waals surface area (Å²) in [5.41, 5.74) is 6.83. The third-order valence-electron chi connectivity index (χ3n) is 6.49. The van der Waals surface area contributed by atoms with Crippen molar-refractivity contribution in [2.45, 2.75) is 59.3 Å². The molecule has 0 aliphatic rings. The summed E-state index contributed by atoms with van der Waals surface area (Å²) < 4.78 is 12.7. The fraction of sp³-hybridized carbons (Fsp3) is 0.282. The fourth-order valence-electron chi connectivity index (χ4n) is 4.62. The molecule has 0 aliphatic carbocycles. The van der Waals surface area contributed by atoms with Crippen molar-refractivity contribution in [3.63, 3.8) is 0 Å². The number of hydrogen-bond acceptors (Lipinski definition) is 6. The first-order chi connectivity index (χ1) is 22.1. The minimum Gasteiger partial charge on any atom is -0.493 e. The summed E-state index contributed by atoms with van der Waals surface area (Å²) in [6.45, 7) is 23.2. The lowest BCUT2D eigenvalue weighted by Crippen LogP contribution is -2.14. The maximum atomic E-state index is 6.33. The molecule has 0 aliphatic heterocycles. The van der Waals surface area contributed by atoms with Crippen LogP contribution >= 0.6 is 0 Å². The third-order valence-corrected chi connectivity index (χ3v) is 6.49. The lowest BCUT2D eigenvalue weighted by atomic mass is 9.95. The number of benzene rings is 2. The molecule has 0 saturated carbocycles. The van der Waals surface area contributed by atoms with Gasteiger partial charge in [0.05, 0.1) is 13.2 Å². The molecule has 0 aromatic heterocycles. The Morgan fingerprint density at radius 1 is 0.511 bits per heavy atom. The first kappa shape index (κ1) is 36.4. The van der Waals surface area contributed by atoms with Gasteiger partial charge in [0, 0.05) is 48.4 Å². The van der Waals surface area contributed by atoms with Crippen LogP contribution in [-0.2, 0) is 32.6 Å². The molecule has 0 atom stereocenters. The van der Waals surface area contributed by atoms with Gasteiger partial charge in [0.25, 0.3) is 0 Å². The Balaban J connectivity index is 2.61. The zero-order chi connectivity index (χ0) is 32.5. The summed E-state index contributed by atoms with van der Waals surface area (Å²) in [5, 5.41) is 13.5. The summed E-state index contributed by atoms with van der Waals surface area (Å²) in [6.07, 6.45) is 24.8. The van der Waals surface area contributed by atoms with Crippen molar-refractivity contribution in [1.29, 1.82) is 0 Å². The van der Waals surface area contributed by atoms with Gasteiger partial charge >= 0.3 is 0 Å². The van der Waals surface area contributed by atoms with Crippen LogP contribution in [0.3, 0.4) is 0 Å². The zero-order valence-electron chi connectivity index (χ0n) is 27.2. The monoisotopic (exact) mass is 608 g/mol. The van der Waals surface area contributed by atoms with Gasteiger partial charge in [0.15, 0.2) is 0 Å². The zero-order valence-corrected chi connectivity index (χ0v) is 27.2. The molecule has 6 heteroatoms. The van der Waals surface area contributed by atoms with Gasteiger partial charge in [0.2, 0.25) is 0 Å². The summed E-state index contributed by atoms with van der Waals surface area (Å²) in [7, 11) is 0. The number of rotatable bonds is 24. The molecular formula is C39H52N4O2. The van der Waals surface area contributed by atoms with E-state index < -0.39 is 0 Å². The van der Waals surface area contributed by atoms with Gasteiger partial charge in [-0.3, -0.25) is 0 Å². The Morgan fingerprint density at radius 2 is 0.800 bits per heavy atom. The lowest BCUT2D eigenvalue weighted by Gasteiger charge is -2.20. The highest BCUT2D eigenvalue weighted by Crippen LogP contribution is 2.31. The predicted octanol–water partition coefficient (Wildman–Crippen LogP) is 8.01. The van der Waals surface area contributed by atoms with E-state index in [9.17, 15) is 0 Å². The summed E-state index contributed by atoms with van der Waals surface area (Å²) in [6, 6.07) is 9.00. The van der Waals surface area contributed by atoms with Crippen LogP contribution in [0, 0.1) is 0 Å². The van der Waals surface area contributed by atoms with Crippen LogP contribution in [0.1, 0.15) is 60.1 Å². The van der Waals surface area contributed by atoms with E-state index in [2.05, 4.69) is 85.7 Å². The van der Waals surface area contributed by atoms with Crippen molar-refractivity contribution >= 4 is 0 Å². The van der Waals surface area contributed by atoms with Gasteiger partial charge in [-0.15, -0.1) is 0 Å². The Bertz CT molecular complexity index is 1150. The molecule has 0 bridgehead atoms. The standard InChI is InChI=1S/C39H52N4O2/c1-7-13-17-40-28-34-24-32(25-35(29-41-18-14-8-2)38(34)44-21-11-5)23-33-26-36(30-42-19-15-9-3)39(45-22-12-6)37(27-33)31-43-20-16-10-4/h7-10,13-20,24-27,40-43H,1-4,11-12,21-23,28-31H2,5-6H3. The van der Waals surface area contributed by atoms with Crippen LogP contribution in [0.2, 0.25) is 0 Å². The van der Waals surface area contributed by atoms with Gasteiger partial charge in [-0.1, -0.05) is 64.5 Å². The molecule has 6 nitrogen and oxygen atoms in total. The molecule has 0 saturated heterocycles. The van der Waals surface area contributed by atoms with Gasteiger partial charge in [-0.25, -0.2) is 0 Å². The first-order valence-corrected chi connectivity index (χ1v) is 15.7. The SMILES string of the molecule is C=CC=CNCc1cc(Cc2cc(CNC=CC=C)c(OCCC)c(CNC=CC=C)c2)cc(CNC=CC=C)c1OCCC. The smallest absolute Gasteiger partial charge is 0.129 e. The second-order valence-corrected chi connectivity index (χ2v) is 10.3. The van der Waals surface area contributed by atoms with E-state index in [0.29, 0.717) is 39.4 Å². The second kappa shape index (κ2) is 22.7. The largest absolute Gasteiger partial charge is 0.493 e. The topological polar surface area (TPSA) is 66.6 Å². The molecular weight excluding hydrogens is 556 g/mol. The van der Waals surface area contributed by atoms with Crippen LogP contribution < -0.4 is 30.7 Å². The van der Waals surface area contributed by atoms with Gasteiger partial charge < -0.3 is 30.7 Å². The molecule has 0 amide bonds. The van der Waals surface area contributed by atoms with Crippen LogP contribution in [0.15, 0.2) is 124 Å². The number of hydrogen-bond donors (Lipinski definition) is 4. The van der Waals surface area contributed by atoms with E-state index in [4.69, 9.17) is 9.47 Å². The average Bonchev–Trinajstić information content (AvgIpc) is 3.04. The number of ether oxygens (including phenoxy) is 2. The van der Waals surface area contributed by atoms with E-state index in [1.54, 1.807) is 24.3 Å². The minimum atomic E-state index is 0.631. The second-order valence-electron chi connectivity index (χ2n) is 10.3. The van der Waals surface area contributed by atoms with Crippen molar-refractivity contribution in [2.24, 2.45) is 0 Å². The van der Waals surface area contributed by atoms with Crippen LogP contribution in [0.4, 0.5) is 0 Å². The average molecular weight is 609 g/mol. The highest BCUT2D eigenvalue weighted by molar-refractivity contribution is 5.49. The van der Waals surface area contributed by atoms with Crippen molar-refractivity contribution in [3.05, 3.63) is 157 Å². The summed E-state index contributed by atoms with van der Waals surface area (Å²) in [5.74, 6) is 1.83. The molecule has 2 rings (SSSR count). The Labute approximate surface area is 271 Å². The lowest BCUT2D eigenvalue weighted by molar-refractivity contribution is 0.310. The molecule has 0 unspecified atom stereocenters. The quantitative estimate of drug-likeness (QED) is 0.0906. The number of allylic oxidation sites excluding steroid dienone is 8. The minimum absolute atomic E-state index is 0.631. The molecule has 0 spiro atoms. The van der Waals surface area contributed by atoms with Crippen LogP contribution in [0.25, 0.3) is 0 Å². The summed E-state index contributed by atoms with van der Waals surface area (Å²) in [4.78, 5) is 0. The van der Waals surface area contributed by atoms with Gasteiger partial charge in [-0.05, 0) is 104 Å². The maximum absolute atomic E-state index is 6.33. The van der Waals surface area contributed by atoms with Gasteiger partial charge in [0.1, 0.15) is 11.5 Å². The van der Waals surface area contributed by atoms with E-state index in [1.165, 1.54) is 11.1 Å². The molecule has 4 N–H and O–H groups in total. The van der Waals surface area contributed by atoms with Crippen molar-refractivity contribution < 1.29 is 9.47 Å². The Morgan fingerprint density at radius 3 is 1.04 bits per heavy atom. The Hall–Kier alpha value is -4.84. The molecule has 0 fully saturated rings. The van der Waals surface area contributed by atoms with E-state index >= 15 is 0 Å². The van der Waals surface area contributed by atoms with E-state index in [0.717, 1.165) is 53.0 Å². The molecule has 2 aromatic rings. The summed E-state index contributed by atoms with van der Waals surface area (Å²) >= 11 is 0. The molecule has 0 heterocycles. The Kier molecular flexibility index (Phi) is 18.3. The fourth-order valence-corrected chi connectivity index (χ4v) is 4.62. The first-order valence-electron chi connectivity index (χ1n) is 15.7. The van der Waals surface area contributed by atoms with Gasteiger partial charge in [-0.2, -0.15) is 0 Å². The number of nitrogens with one attached hydrogen (secondary N) is 4. The third kappa shape index (κ3) is 13.6. The normalized spacial score (nSPS) is 11.2. The molecule has 0 radical (unpaired) electrons. The van der Waals surface area contributed by atoms with Crippen molar-refractivity contribution in [3.8, 4) is 11.5 Å². The van der Waals surface area contributed by atoms with E-state index in [-0.39, 0.29) is 0 Å². The highest BCUT2D eigenvalue weighted by atomic mass is 16.5. The van der Waals surface area contributed by atoms with Crippen molar-refractivity contribution in [2.75, 3.05) is 13.2 Å². The molecule has 240 valence electrons. The molecule has 45 heavy (non-hydrogen) atoms. The highest BCUT2D eigenvalue weighted by Gasteiger charge is 2.16. The van der Waals surface area contributed by atoms with Crippen molar-refractivity contribution in [1.82, 2.24) is 21.3 Å². The van der Waals surface area contributed by atoms with E-state index in [1.807, 2.05) is 49.1 Å².